The molecule has 2 nitrogen and oxygen atoms in total. The number of unbranched alkanes of at least 4 members (excludes halogenated alkanes) is 12. The molecule has 2 fully saturated rings. The molecule has 3 unspecified atom stereocenters. The van der Waals surface area contributed by atoms with Crippen LogP contribution in [0.5, 0.6) is 0 Å². The Morgan fingerprint density at radius 3 is 1.37 bits per heavy atom. The third-order valence-corrected chi connectivity index (χ3v) is 12.1. The van der Waals surface area contributed by atoms with Gasteiger partial charge in [0.1, 0.15) is 0 Å². The van der Waals surface area contributed by atoms with Crippen molar-refractivity contribution in [3.05, 3.63) is 0 Å². The number of methoxy groups -OCH3 is 1. The number of hydrogen-bond donors (Lipinski definition) is 0. The van der Waals surface area contributed by atoms with Crippen molar-refractivity contribution in [2.75, 3.05) is 20.3 Å². The summed E-state index contributed by atoms with van der Waals surface area (Å²) in [5, 5.41) is 0. The Hall–Kier alpha value is -0.0800. The van der Waals surface area contributed by atoms with E-state index in [1.807, 2.05) is 7.11 Å². The summed E-state index contributed by atoms with van der Waals surface area (Å²) in [6, 6.07) is 0. The average Bonchev–Trinajstić information content (AvgIpc) is 3.02. The normalized spacial score (nSPS) is 25.2. The van der Waals surface area contributed by atoms with Gasteiger partial charge in [-0.25, -0.2) is 0 Å². The molecule has 3 atom stereocenters. The quantitative estimate of drug-likeness (QED) is 0.0914. The Morgan fingerprint density at radius 2 is 0.930 bits per heavy atom. The molecule has 0 amide bonds. The second-order valence-corrected chi connectivity index (χ2v) is 15.8. The summed E-state index contributed by atoms with van der Waals surface area (Å²) in [7, 11) is 2.00. The van der Waals surface area contributed by atoms with E-state index in [1.54, 1.807) is 0 Å². The monoisotopic (exact) mass is 605 g/mol. The van der Waals surface area contributed by atoms with Crippen molar-refractivity contribution < 1.29 is 9.47 Å². The standard InChI is InChI=1S/C41H80O2/c1-7-9-11-13-15-16-18-20-22-36(21-19-17-14-12-10-8-2)33-43-32-31-35(5)38-25-29-40(30-26-38)41(42-6)39-27-23-37(24-28-39)34(3)4/h34-41H,7-33H2,1-6H3. The third-order valence-electron chi connectivity index (χ3n) is 12.1. The topological polar surface area (TPSA) is 18.5 Å². The largest absolute Gasteiger partial charge is 0.381 e. The Labute approximate surface area is 272 Å². The molecular weight excluding hydrogens is 524 g/mol. The van der Waals surface area contributed by atoms with Crippen molar-refractivity contribution in [3.8, 4) is 0 Å². The zero-order valence-electron chi connectivity index (χ0n) is 30.5. The second-order valence-electron chi connectivity index (χ2n) is 15.8. The average molecular weight is 605 g/mol. The van der Waals surface area contributed by atoms with Crippen molar-refractivity contribution in [2.45, 2.75) is 201 Å². The van der Waals surface area contributed by atoms with Gasteiger partial charge in [-0.3, -0.25) is 0 Å². The summed E-state index contributed by atoms with van der Waals surface area (Å²) in [4.78, 5) is 0. The third kappa shape index (κ3) is 16.9. The van der Waals surface area contributed by atoms with E-state index in [2.05, 4.69) is 34.6 Å². The summed E-state index contributed by atoms with van der Waals surface area (Å²) >= 11 is 0. The van der Waals surface area contributed by atoms with Gasteiger partial charge in [0.25, 0.3) is 0 Å². The Morgan fingerprint density at radius 1 is 0.512 bits per heavy atom. The number of rotatable bonds is 26. The molecule has 0 aromatic carbocycles. The van der Waals surface area contributed by atoms with Gasteiger partial charge in [-0.1, -0.05) is 125 Å². The van der Waals surface area contributed by atoms with Gasteiger partial charge in [0.05, 0.1) is 6.10 Å². The molecule has 2 heteroatoms. The fourth-order valence-electron chi connectivity index (χ4n) is 8.80. The van der Waals surface area contributed by atoms with Crippen LogP contribution in [0.1, 0.15) is 195 Å². The van der Waals surface area contributed by atoms with Gasteiger partial charge < -0.3 is 9.47 Å². The van der Waals surface area contributed by atoms with Crippen LogP contribution in [0.3, 0.4) is 0 Å². The van der Waals surface area contributed by atoms with Gasteiger partial charge >= 0.3 is 0 Å². The van der Waals surface area contributed by atoms with Crippen molar-refractivity contribution in [3.63, 3.8) is 0 Å². The second kappa shape index (κ2) is 25.1. The molecule has 0 saturated heterocycles. The van der Waals surface area contributed by atoms with Crippen LogP contribution in [0.2, 0.25) is 0 Å². The lowest BCUT2D eigenvalue weighted by atomic mass is 9.68. The van der Waals surface area contributed by atoms with Gasteiger partial charge in [0.15, 0.2) is 0 Å². The van der Waals surface area contributed by atoms with Crippen LogP contribution in [-0.2, 0) is 9.47 Å². The molecule has 43 heavy (non-hydrogen) atoms. The fourth-order valence-corrected chi connectivity index (χ4v) is 8.80. The van der Waals surface area contributed by atoms with Gasteiger partial charge in [0.2, 0.25) is 0 Å². The van der Waals surface area contributed by atoms with Crippen molar-refractivity contribution in [2.24, 2.45) is 41.4 Å². The molecule has 0 radical (unpaired) electrons. The van der Waals surface area contributed by atoms with Gasteiger partial charge in [-0.05, 0) is 112 Å². The molecule has 0 bridgehead atoms. The molecule has 2 saturated carbocycles. The Balaban J connectivity index is 1.64. The maximum absolute atomic E-state index is 6.44. The lowest BCUT2D eigenvalue weighted by Gasteiger charge is -2.41. The molecule has 0 N–H and O–H groups in total. The van der Waals surface area contributed by atoms with E-state index >= 15 is 0 Å². The van der Waals surface area contributed by atoms with Gasteiger partial charge in [0, 0.05) is 20.3 Å². The zero-order valence-corrected chi connectivity index (χ0v) is 30.5. The predicted octanol–water partition coefficient (Wildman–Crippen LogP) is 13.2. The molecule has 0 spiro atoms. The minimum Gasteiger partial charge on any atom is -0.381 e. The molecule has 256 valence electrons. The van der Waals surface area contributed by atoms with E-state index in [-0.39, 0.29) is 0 Å². The first-order valence-electron chi connectivity index (χ1n) is 20.1. The van der Waals surface area contributed by atoms with E-state index in [0.29, 0.717) is 6.10 Å². The Bertz CT molecular complexity index is 601. The fraction of sp³-hybridized carbons (Fsp3) is 1.00. The molecule has 2 aliphatic carbocycles. The molecule has 0 aliphatic heterocycles. The minimum absolute atomic E-state index is 0.511. The lowest BCUT2D eigenvalue weighted by molar-refractivity contribution is -0.0322. The lowest BCUT2D eigenvalue weighted by Crippen LogP contribution is -2.37. The van der Waals surface area contributed by atoms with E-state index < -0.39 is 0 Å². The smallest absolute Gasteiger partial charge is 0.0627 e. The van der Waals surface area contributed by atoms with E-state index in [0.717, 1.165) is 54.6 Å². The highest BCUT2D eigenvalue weighted by Crippen LogP contribution is 2.43. The van der Waals surface area contributed by atoms with Crippen LogP contribution >= 0.6 is 0 Å². The molecular formula is C41H80O2. The maximum Gasteiger partial charge on any atom is 0.0627 e. The van der Waals surface area contributed by atoms with Crippen LogP contribution in [0.15, 0.2) is 0 Å². The van der Waals surface area contributed by atoms with Gasteiger partial charge in [-0.15, -0.1) is 0 Å². The first-order chi connectivity index (χ1) is 21.0. The summed E-state index contributed by atoms with van der Waals surface area (Å²) in [5.74, 6) is 5.89. The first kappa shape index (κ1) is 39.1. The van der Waals surface area contributed by atoms with E-state index in [9.17, 15) is 0 Å². The number of ether oxygens (including phenoxy) is 2. The van der Waals surface area contributed by atoms with Crippen LogP contribution in [0, 0.1) is 41.4 Å². The van der Waals surface area contributed by atoms with E-state index in [4.69, 9.17) is 9.47 Å². The summed E-state index contributed by atoms with van der Waals surface area (Å²) in [5.41, 5.74) is 0. The first-order valence-corrected chi connectivity index (χ1v) is 20.1. The van der Waals surface area contributed by atoms with Crippen molar-refractivity contribution in [1.82, 2.24) is 0 Å². The highest BCUT2D eigenvalue weighted by Gasteiger charge is 2.36. The summed E-state index contributed by atoms with van der Waals surface area (Å²) in [6.07, 6.45) is 35.7. The van der Waals surface area contributed by atoms with Crippen LogP contribution in [-0.4, -0.2) is 26.4 Å². The van der Waals surface area contributed by atoms with Crippen LogP contribution in [0.25, 0.3) is 0 Å². The maximum atomic E-state index is 6.44. The van der Waals surface area contributed by atoms with Gasteiger partial charge in [-0.2, -0.15) is 0 Å². The molecule has 2 rings (SSSR count). The molecule has 0 aromatic heterocycles. The van der Waals surface area contributed by atoms with E-state index in [1.165, 1.54) is 161 Å². The molecule has 2 aliphatic rings. The molecule has 0 aromatic rings. The van der Waals surface area contributed by atoms with Crippen molar-refractivity contribution >= 4 is 0 Å². The van der Waals surface area contributed by atoms with Crippen LogP contribution in [0.4, 0.5) is 0 Å². The SMILES string of the molecule is CCCCCCCCCCC(CCCCCCCC)COCCC(C)C1CCC(C(OC)C2CCC(C(C)C)CC2)CC1. The van der Waals surface area contributed by atoms with Crippen LogP contribution < -0.4 is 0 Å². The minimum atomic E-state index is 0.511. The highest BCUT2D eigenvalue weighted by molar-refractivity contribution is 4.87. The molecule has 0 heterocycles. The summed E-state index contributed by atoms with van der Waals surface area (Å²) < 4.78 is 12.7. The zero-order chi connectivity index (χ0) is 31.1. The predicted molar refractivity (Wildman–Crippen MR) is 190 cm³/mol. The van der Waals surface area contributed by atoms with Crippen molar-refractivity contribution in [1.29, 1.82) is 0 Å². The number of hydrogen-bond acceptors (Lipinski definition) is 2. The summed E-state index contributed by atoms with van der Waals surface area (Å²) in [6.45, 7) is 14.0. The highest BCUT2D eigenvalue weighted by atomic mass is 16.5. The Kier molecular flexibility index (Phi) is 22.8.